The van der Waals surface area contributed by atoms with Crippen LogP contribution >= 0.6 is 0 Å². The highest BCUT2D eigenvalue weighted by Gasteiger charge is 2.35. The molecule has 0 rings (SSSR count). The molecule has 0 spiro atoms. The van der Waals surface area contributed by atoms with Crippen LogP contribution in [-0.2, 0) is 0 Å². The molecular weight excluding hydrogens is 136 g/mol. The normalized spacial score (nSPS) is 13.6. The Labute approximate surface area is 70.3 Å². The molecule has 0 heterocycles. The first-order valence-corrected chi connectivity index (χ1v) is 4.34. The van der Waals surface area contributed by atoms with Gasteiger partial charge in [0.2, 0.25) is 0 Å². The van der Waals surface area contributed by atoms with Gasteiger partial charge in [-0.2, -0.15) is 0 Å². The van der Waals surface area contributed by atoms with Gasteiger partial charge in [-0.15, -0.1) is 0 Å². The summed E-state index contributed by atoms with van der Waals surface area (Å²) in [6.45, 7) is 10.9. The minimum Gasteiger partial charge on any atom is -0.316 e. The van der Waals surface area contributed by atoms with E-state index in [0.717, 1.165) is 0 Å². The van der Waals surface area contributed by atoms with Crippen molar-refractivity contribution in [1.29, 1.82) is 0 Å². The molecule has 0 aliphatic carbocycles. The maximum atomic E-state index is 5.75. The molecule has 0 saturated carbocycles. The van der Waals surface area contributed by atoms with E-state index < -0.39 is 0 Å². The third-order valence-electron chi connectivity index (χ3n) is 3.21. The quantitative estimate of drug-likeness (QED) is 0.612. The fourth-order valence-electron chi connectivity index (χ4n) is 1.44. The fourth-order valence-corrected chi connectivity index (χ4v) is 1.44. The zero-order valence-electron chi connectivity index (χ0n) is 8.39. The smallest absolute Gasteiger partial charge is 0.0581 e. The van der Waals surface area contributed by atoms with Gasteiger partial charge in [-0.05, 0) is 11.8 Å². The highest BCUT2D eigenvalue weighted by atomic mass is 14.9. The number of hydrogen-bond donors (Lipinski definition) is 2. The van der Waals surface area contributed by atoms with Gasteiger partial charge in [-0.25, -0.2) is 0 Å². The molecule has 0 aromatic heterocycles. The zero-order valence-corrected chi connectivity index (χ0v) is 8.39. The Morgan fingerprint density at radius 2 is 1.18 bits per heavy atom. The summed E-state index contributed by atoms with van der Waals surface area (Å²) in [5.41, 5.74) is 11.6. The van der Waals surface area contributed by atoms with Gasteiger partial charge >= 0.3 is 0 Å². The molecule has 0 aromatic carbocycles. The van der Waals surface area contributed by atoms with Gasteiger partial charge in [-0.3, -0.25) is 0 Å². The molecular formula is C9H22N2. The fraction of sp³-hybridized carbons (Fsp3) is 1.00. The first-order valence-electron chi connectivity index (χ1n) is 4.34. The Morgan fingerprint density at radius 1 is 0.909 bits per heavy atom. The van der Waals surface area contributed by atoms with Crippen LogP contribution in [0.1, 0.15) is 34.6 Å². The van der Waals surface area contributed by atoms with E-state index in [0.29, 0.717) is 11.8 Å². The van der Waals surface area contributed by atoms with Crippen molar-refractivity contribution in [3.63, 3.8) is 0 Å². The van der Waals surface area contributed by atoms with Crippen molar-refractivity contribution in [3.8, 4) is 0 Å². The lowest BCUT2D eigenvalue weighted by molar-refractivity contribution is 0.101. The van der Waals surface area contributed by atoms with Crippen LogP contribution in [0.3, 0.4) is 0 Å². The molecule has 0 atom stereocenters. The summed E-state index contributed by atoms with van der Waals surface area (Å²) in [5, 5.41) is 0. The number of nitrogens with two attached hydrogens (primary N) is 2. The molecule has 11 heavy (non-hydrogen) atoms. The number of hydrogen-bond acceptors (Lipinski definition) is 2. The van der Waals surface area contributed by atoms with Crippen LogP contribution in [0.5, 0.6) is 0 Å². The van der Waals surface area contributed by atoms with E-state index in [1.54, 1.807) is 0 Å². The van der Waals surface area contributed by atoms with Crippen molar-refractivity contribution in [2.24, 2.45) is 28.7 Å². The van der Waals surface area contributed by atoms with Gasteiger partial charge in [0.15, 0.2) is 0 Å². The van der Waals surface area contributed by atoms with Crippen LogP contribution in [0, 0.1) is 17.3 Å². The van der Waals surface area contributed by atoms with E-state index in [9.17, 15) is 0 Å². The van der Waals surface area contributed by atoms with Crippen LogP contribution in [-0.4, -0.2) is 6.17 Å². The third kappa shape index (κ3) is 1.94. The van der Waals surface area contributed by atoms with Gasteiger partial charge in [0.1, 0.15) is 0 Å². The zero-order chi connectivity index (χ0) is 9.23. The van der Waals surface area contributed by atoms with Crippen molar-refractivity contribution < 1.29 is 0 Å². The minimum atomic E-state index is -0.220. The highest BCUT2D eigenvalue weighted by Crippen LogP contribution is 2.35. The van der Waals surface area contributed by atoms with E-state index in [1.165, 1.54) is 0 Å². The Bertz CT molecular complexity index is 95.0. The molecule has 0 amide bonds. The second-order valence-corrected chi connectivity index (χ2v) is 4.20. The lowest BCUT2D eigenvalue weighted by Gasteiger charge is -2.41. The van der Waals surface area contributed by atoms with Crippen LogP contribution in [0.4, 0.5) is 0 Å². The maximum Gasteiger partial charge on any atom is 0.0581 e. The summed E-state index contributed by atoms with van der Waals surface area (Å²) in [6, 6.07) is 0. The summed E-state index contributed by atoms with van der Waals surface area (Å²) >= 11 is 0. The molecule has 68 valence electrons. The van der Waals surface area contributed by atoms with Crippen molar-refractivity contribution >= 4 is 0 Å². The first-order chi connectivity index (χ1) is 4.83. The van der Waals surface area contributed by atoms with Crippen molar-refractivity contribution in [2.45, 2.75) is 40.8 Å². The van der Waals surface area contributed by atoms with Crippen LogP contribution in [0.2, 0.25) is 0 Å². The Hall–Kier alpha value is -0.0800. The van der Waals surface area contributed by atoms with Gasteiger partial charge < -0.3 is 11.5 Å². The second-order valence-electron chi connectivity index (χ2n) is 4.20. The first kappa shape index (κ1) is 10.9. The Balaban J connectivity index is 4.53. The maximum absolute atomic E-state index is 5.75. The van der Waals surface area contributed by atoms with Crippen molar-refractivity contribution in [2.75, 3.05) is 0 Å². The molecule has 0 aliphatic heterocycles. The van der Waals surface area contributed by atoms with Gasteiger partial charge in [0.05, 0.1) is 6.17 Å². The van der Waals surface area contributed by atoms with E-state index in [-0.39, 0.29) is 11.6 Å². The molecule has 0 aliphatic rings. The van der Waals surface area contributed by atoms with Crippen molar-refractivity contribution in [1.82, 2.24) is 0 Å². The standard InChI is InChI=1S/C9H22N2/c1-6(2)9(5,7(3)4)8(10)11/h6-8H,10-11H2,1-5H3. The lowest BCUT2D eigenvalue weighted by atomic mass is 9.68. The summed E-state index contributed by atoms with van der Waals surface area (Å²) in [4.78, 5) is 0. The molecule has 0 saturated heterocycles. The lowest BCUT2D eigenvalue weighted by Crippen LogP contribution is -2.52. The summed E-state index contributed by atoms with van der Waals surface area (Å²) in [5.74, 6) is 1.06. The minimum absolute atomic E-state index is 0.0556. The monoisotopic (exact) mass is 158 g/mol. The summed E-state index contributed by atoms with van der Waals surface area (Å²) in [6.07, 6.45) is -0.220. The third-order valence-corrected chi connectivity index (χ3v) is 3.21. The molecule has 2 nitrogen and oxygen atoms in total. The molecule has 4 N–H and O–H groups in total. The predicted molar refractivity (Wildman–Crippen MR) is 49.9 cm³/mol. The number of rotatable bonds is 3. The van der Waals surface area contributed by atoms with Crippen LogP contribution < -0.4 is 11.5 Å². The topological polar surface area (TPSA) is 52.0 Å². The average molecular weight is 158 g/mol. The molecule has 0 fully saturated rings. The molecule has 0 bridgehead atoms. The molecule has 0 aromatic rings. The Kier molecular flexibility index (Phi) is 3.52. The van der Waals surface area contributed by atoms with E-state index in [4.69, 9.17) is 11.5 Å². The van der Waals surface area contributed by atoms with Gasteiger partial charge in [0, 0.05) is 5.41 Å². The van der Waals surface area contributed by atoms with E-state index >= 15 is 0 Å². The van der Waals surface area contributed by atoms with E-state index in [1.807, 2.05) is 0 Å². The van der Waals surface area contributed by atoms with Gasteiger partial charge in [-0.1, -0.05) is 34.6 Å². The molecule has 0 unspecified atom stereocenters. The van der Waals surface area contributed by atoms with Crippen molar-refractivity contribution in [3.05, 3.63) is 0 Å². The van der Waals surface area contributed by atoms with Crippen LogP contribution in [0.25, 0.3) is 0 Å². The van der Waals surface area contributed by atoms with Crippen LogP contribution in [0.15, 0.2) is 0 Å². The molecule has 2 heteroatoms. The summed E-state index contributed by atoms with van der Waals surface area (Å²) < 4.78 is 0. The second kappa shape index (κ2) is 3.55. The SMILES string of the molecule is CC(C)C(C)(C(C)C)C(N)N. The largest absolute Gasteiger partial charge is 0.316 e. The van der Waals surface area contributed by atoms with E-state index in [2.05, 4.69) is 34.6 Å². The predicted octanol–water partition coefficient (Wildman–Crippen LogP) is 1.55. The van der Waals surface area contributed by atoms with Gasteiger partial charge in [0.25, 0.3) is 0 Å². The molecule has 0 radical (unpaired) electrons. The highest BCUT2D eigenvalue weighted by molar-refractivity contribution is 4.87. The Morgan fingerprint density at radius 3 is 1.18 bits per heavy atom. The average Bonchev–Trinajstić information content (AvgIpc) is 1.84. The summed E-state index contributed by atoms with van der Waals surface area (Å²) in [7, 11) is 0.